The number of carbonyl (C=O) groups is 1. The largest absolute Gasteiger partial charge is 0.308 e. The van der Waals surface area contributed by atoms with E-state index in [0.717, 1.165) is 10.2 Å². The van der Waals surface area contributed by atoms with E-state index < -0.39 is 10.8 Å². The molecule has 0 radical (unpaired) electrons. The molecule has 2 aromatic carbocycles. The van der Waals surface area contributed by atoms with Crippen LogP contribution in [-0.2, 0) is 4.79 Å². The highest BCUT2D eigenvalue weighted by Gasteiger charge is 2.12. The van der Waals surface area contributed by atoms with Crippen molar-refractivity contribution in [2.24, 2.45) is 0 Å². The quantitative estimate of drug-likeness (QED) is 0.249. The van der Waals surface area contributed by atoms with Gasteiger partial charge in [-0.05, 0) is 48.1 Å². The summed E-state index contributed by atoms with van der Waals surface area (Å²) in [7, 11) is 0. The minimum atomic E-state index is -0.593. The highest BCUT2D eigenvalue weighted by atomic mass is 35.5. The van der Waals surface area contributed by atoms with E-state index in [1.807, 2.05) is 0 Å². The SMILES string of the molecule is O=C(C=Cc1ccc(Cl)c([N+](=O)[O-])c1)NC(=S)Nc1nc2ccc(Cl)cc2s1. The van der Waals surface area contributed by atoms with E-state index in [9.17, 15) is 14.9 Å². The zero-order valence-electron chi connectivity index (χ0n) is 13.8. The number of carbonyl (C=O) groups excluding carboxylic acids is 1. The molecule has 7 nitrogen and oxygen atoms in total. The molecular formula is C17H10Cl2N4O3S2. The Morgan fingerprint density at radius 2 is 2.04 bits per heavy atom. The first-order chi connectivity index (χ1) is 13.3. The van der Waals surface area contributed by atoms with Crippen LogP contribution in [0.3, 0.4) is 0 Å². The van der Waals surface area contributed by atoms with Crippen LogP contribution in [0.2, 0.25) is 10.0 Å². The molecule has 3 aromatic rings. The van der Waals surface area contributed by atoms with Crippen molar-refractivity contribution in [3.05, 3.63) is 68.2 Å². The molecule has 0 bridgehead atoms. The fourth-order valence-electron chi connectivity index (χ4n) is 2.18. The van der Waals surface area contributed by atoms with E-state index in [4.69, 9.17) is 35.4 Å². The van der Waals surface area contributed by atoms with Gasteiger partial charge in [0.05, 0.1) is 15.1 Å². The lowest BCUT2D eigenvalue weighted by Gasteiger charge is -2.04. The van der Waals surface area contributed by atoms with Crippen molar-refractivity contribution in [2.75, 3.05) is 5.32 Å². The second-order valence-corrected chi connectivity index (χ2v) is 7.66. The van der Waals surface area contributed by atoms with Crippen molar-refractivity contribution in [1.82, 2.24) is 10.3 Å². The molecular weight excluding hydrogens is 443 g/mol. The van der Waals surface area contributed by atoms with Crippen molar-refractivity contribution >= 4 is 84.9 Å². The van der Waals surface area contributed by atoms with E-state index in [0.29, 0.717) is 15.7 Å². The highest BCUT2D eigenvalue weighted by molar-refractivity contribution is 7.80. The Labute approximate surface area is 178 Å². The van der Waals surface area contributed by atoms with E-state index in [1.165, 1.54) is 35.6 Å². The summed E-state index contributed by atoms with van der Waals surface area (Å²) in [5.41, 5.74) is 0.973. The number of anilines is 1. The summed E-state index contributed by atoms with van der Waals surface area (Å²) >= 11 is 18.1. The van der Waals surface area contributed by atoms with Crippen LogP contribution in [0.4, 0.5) is 10.8 Å². The Bertz CT molecular complexity index is 1130. The second kappa shape index (κ2) is 8.61. The molecule has 28 heavy (non-hydrogen) atoms. The molecule has 1 heterocycles. The summed E-state index contributed by atoms with van der Waals surface area (Å²) < 4.78 is 0.883. The Balaban J connectivity index is 1.62. The molecule has 142 valence electrons. The van der Waals surface area contributed by atoms with Crippen molar-refractivity contribution in [2.45, 2.75) is 0 Å². The summed E-state index contributed by atoms with van der Waals surface area (Å²) in [5.74, 6) is -0.501. The Kier molecular flexibility index (Phi) is 6.20. The number of hydrogen-bond donors (Lipinski definition) is 2. The van der Waals surface area contributed by atoms with Crippen LogP contribution in [0.1, 0.15) is 5.56 Å². The first kappa shape index (κ1) is 20.2. The van der Waals surface area contributed by atoms with Crippen molar-refractivity contribution in [3.8, 4) is 0 Å². The van der Waals surface area contributed by atoms with Crippen LogP contribution in [0.15, 0.2) is 42.5 Å². The van der Waals surface area contributed by atoms with Crippen LogP contribution in [-0.4, -0.2) is 20.9 Å². The molecule has 2 N–H and O–H groups in total. The van der Waals surface area contributed by atoms with Gasteiger partial charge in [0.25, 0.3) is 5.69 Å². The summed E-state index contributed by atoms with van der Waals surface area (Å²) in [4.78, 5) is 26.6. The van der Waals surface area contributed by atoms with Gasteiger partial charge in [-0.15, -0.1) is 0 Å². The van der Waals surface area contributed by atoms with Crippen LogP contribution in [0.25, 0.3) is 16.3 Å². The molecule has 0 aliphatic carbocycles. The molecule has 0 fully saturated rings. The standard InChI is InChI=1S/C17H10Cl2N4O3S2/c18-10-3-5-12-14(8-10)28-17(20-12)22-16(27)21-15(24)6-2-9-1-4-11(19)13(7-9)23(25)26/h1-8H,(H2,20,21,22,24,27). The average Bonchev–Trinajstić information content (AvgIpc) is 3.01. The van der Waals surface area contributed by atoms with E-state index in [2.05, 4.69) is 15.6 Å². The van der Waals surface area contributed by atoms with Gasteiger partial charge in [0.2, 0.25) is 5.91 Å². The predicted octanol–water partition coefficient (Wildman–Crippen LogP) is 5.04. The molecule has 0 atom stereocenters. The molecule has 0 saturated heterocycles. The number of nitrogens with one attached hydrogen (secondary N) is 2. The fraction of sp³-hybridized carbons (Fsp3) is 0. The number of benzene rings is 2. The van der Waals surface area contributed by atoms with Crippen molar-refractivity contribution in [1.29, 1.82) is 0 Å². The summed E-state index contributed by atoms with van der Waals surface area (Å²) in [6.07, 6.45) is 2.63. The molecule has 1 amide bonds. The smallest absolute Gasteiger partial charge is 0.288 e. The van der Waals surface area contributed by atoms with Gasteiger partial charge in [-0.1, -0.05) is 40.6 Å². The van der Waals surface area contributed by atoms with Gasteiger partial charge in [-0.2, -0.15) is 0 Å². The third-order valence-electron chi connectivity index (χ3n) is 3.40. The molecule has 0 spiro atoms. The Morgan fingerprint density at radius 1 is 1.25 bits per heavy atom. The summed E-state index contributed by atoms with van der Waals surface area (Å²) in [6, 6.07) is 9.53. The highest BCUT2D eigenvalue weighted by Crippen LogP contribution is 2.28. The maximum atomic E-state index is 12.0. The number of halogens is 2. The maximum Gasteiger partial charge on any atom is 0.288 e. The van der Waals surface area contributed by atoms with Crippen molar-refractivity contribution < 1.29 is 9.72 Å². The summed E-state index contributed by atoms with van der Waals surface area (Å²) in [5, 5.41) is 17.4. The van der Waals surface area contributed by atoms with E-state index in [-0.39, 0.29) is 15.8 Å². The number of nitro benzene ring substituents is 1. The van der Waals surface area contributed by atoms with Gasteiger partial charge in [0, 0.05) is 17.2 Å². The van der Waals surface area contributed by atoms with E-state index in [1.54, 1.807) is 24.3 Å². The number of aromatic nitrogens is 1. The number of nitrogens with zero attached hydrogens (tertiary/aromatic N) is 2. The zero-order valence-corrected chi connectivity index (χ0v) is 17.0. The second-order valence-electron chi connectivity index (χ2n) is 5.38. The maximum absolute atomic E-state index is 12.0. The van der Waals surface area contributed by atoms with Gasteiger partial charge < -0.3 is 5.32 Å². The number of fused-ring (bicyclic) bond motifs is 1. The molecule has 3 rings (SSSR count). The summed E-state index contributed by atoms with van der Waals surface area (Å²) in [6.45, 7) is 0. The number of nitro groups is 1. The lowest BCUT2D eigenvalue weighted by molar-refractivity contribution is -0.384. The van der Waals surface area contributed by atoms with Gasteiger partial charge in [-0.3, -0.25) is 20.2 Å². The zero-order chi connectivity index (χ0) is 20.3. The first-order valence-electron chi connectivity index (χ1n) is 7.62. The fourth-order valence-corrected chi connectivity index (χ4v) is 3.77. The molecule has 0 saturated carbocycles. The number of thiocarbonyl (C=S) groups is 1. The minimum Gasteiger partial charge on any atom is -0.308 e. The van der Waals surface area contributed by atoms with Gasteiger partial charge in [0.15, 0.2) is 10.2 Å². The average molecular weight is 453 g/mol. The Morgan fingerprint density at radius 3 is 2.79 bits per heavy atom. The topological polar surface area (TPSA) is 97.2 Å². The van der Waals surface area contributed by atoms with Gasteiger partial charge >= 0.3 is 0 Å². The van der Waals surface area contributed by atoms with Crippen molar-refractivity contribution in [3.63, 3.8) is 0 Å². The third-order valence-corrected chi connectivity index (χ3v) is 5.09. The predicted molar refractivity (Wildman–Crippen MR) is 116 cm³/mol. The minimum absolute atomic E-state index is 0.0223. The monoisotopic (exact) mass is 452 g/mol. The number of amides is 1. The van der Waals surface area contributed by atoms with Gasteiger partial charge in [0.1, 0.15) is 5.02 Å². The molecule has 0 unspecified atom stereocenters. The number of hydrogen-bond acceptors (Lipinski definition) is 6. The molecule has 0 aliphatic rings. The van der Waals surface area contributed by atoms with Crippen LogP contribution in [0.5, 0.6) is 0 Å². The van der Waals surface area contributed by atoms with E-state index >= 15 is 0 Å². The first-order valence-corrected chi connectivity index (χ1v) is 9.60. The molecule has 1 aromatic heterocycles. The van der Waals surface area contributed by atoms with Crippen LogP contribution in [0, 0.1) is 10.1 Å². The number of thiazole rings is 1. The number of rotatable bonds is 4. The normalized spacial score (nSPS) is 10.9. The molecule has 0 aliphatic heterocycles. The lowest BCUT2D eigenvalue weighted by atomic mass is 10.2. The van der Waals surface area contributed by atoms with Gasteiger partial charge in [-0.25, -0.2) is 4.98 Å². The Hall–Kier alpha value is -2.59. The van der Waals surface area contributed by atoms with Crippen LogP contribution >= 0.6 is 46.8 Å². The third kappa shape index (κ3) is 5.02. The van der Waals surface area contributed by atoms with Crippen LogP contribution < -0.4 is 10.6 Å². The lowest BCUT2D eigenvalue weighted by Crippen LogP contribution is -2.32. The molecule has 11 heteroatoms.